The van der Waals surface area contributed by atoms with Gasteiger partial charge in [-0.15, -0.1) is 0 Å². The first kappa shape index (κ1) is 30.4. The zero-order valence-electron chi connectivity index (χ0n) is 26.1. The van der Waals surface area contributed by atoms with Crippen LogP contribution in [0.15, 0.2) is 24.3 Å². The Bertz CT molecular complexity index is 1190. The highest BCUT2D eigenvalue weighted by Crippen LogP contribution is 2.70. The first-order valence-electron chi connectivity index (χ1n) is 17.0. The molecule has 4 bridgehead atoms. The van der Waals surface area contributed by atoms with E-state index in [1.165, 1.54) is 57.8 Å². The van der Waals surface area contributed by atoms with E-state index in [1.807, 2.05) is 6.07 Å². The lowest BCUT2D eigenvalue weighted by Crippen LogP contribution is -2.53. The fourth-order valence-electron chi connectivity index (χ4n) is 10.8. The molecule has 43 heavy (non-hydrogen) atoms. The molecule has 0 saturated heterocycles. The van der Waals surface area contributed by atoms with Crippen molar-refractivity contribution >= 4 is 29.2 Å². The molecule has 0 aliphatic heterocycles. The van der Waals surface area contributed by atoms with Crippen LogP contribution in [-0.4, -0.2) is 48.4 Å². The van der Waals surface area contributed by atoms with E-state index in [-0.39, 0.29) is 19.3 Å². The monoisotopic (exact) mass is 594 g/mol. The maximum absolute atomic E-state index is 13.8. The molecule has 0 radical (unpaired) electrons. The molecular weight excluding hydrogens is 544 g/mol. The molecule has 8 atom stereocenters. The minimum absolute atomic E-state index is 0.113. The minimum Gasteiger partial charge on any atom is -0.463 e. The normalized spacial score (nSPS) is 36.5. The summed E-state index contributed by atoms with van der Waals surface area (Å²) in [6.45, 7) is 6.05. The van der Waals surface area contributed by atoms with Crippen molar-refractivity contribution in [2.45, 2.75) is 104 Å². The van der Waals surface area contributed by atoms with Crippen LogP contribution in [0.25, 0.3) is 0 Å². The highest BCUT2D eigenvalue weighted by Gasteiger charge is 2.61. The van der Waals surface area contributed by atoms with Crippen molar-refractivity contribution in [1.82, 2.24) is 0 Å². The molecule has 5 aliphatic rings. The van der Waals surface area contributed by atoms with Gasteiger partial charge in [0.15, 0.2) is 0 Å². The Hall–Kier alpha value is -2.61. The topological polar surface area (TPSA) is 105 Å². The summed E-state index contributed by atoms with van der Waals surface area (Å²) in [4.78, 5) is 40.6. The number of aliphatic hydroxyl groups excluding tert-OH is 1. The number of aliphatic hydroxyl groups is 1. The number of benzene rings is 1. The van der Waals surface area contributed by atoms with E-state index in [1.54, 1.807) is 36.9 Å². The van der Waals surface area contributed by atoms with Crippen molar-refractivity contribution in [3.63, 3.8) is 0 Å². The molecular formula is C35H50N2O6. The van der Waals surface area contributed by atoms with Gasteiger partial charge in [-0.25, -0.2) is 9.59 Å². The smallest absolute Gasteiger partial charge is 0.397 e. The first-order valence-corrected chi connectivity index (χ1v) is 17.0. The van der Waals surface area contributed by atoms with E-state index in [0.717, 1.165) is 36.5 Å². The van der Waals surface area contributed by atoms with Gasteiger partial charge in [0.2, 0.25) is 6.23 Å². The maximum atomic E-state index is 13.8. The van der Waals surface area contributed by atoms with Crippen LogP contribution in [0.1, 0.15) is 91.4 Å². The Morgan fingerprint density at radius 1 is 0.930 bits per heavy atom. The second-order valence-electron chi connectivity index (χ2n) is 14.1. The van der Waals surface area contributed by atoms with Gasteiger partial charge < -0.3 is 19.9 Å². The van der Waals surface area contributed by atoms with E-state index >= 15 is 0 Å². The van der Waals surface area contributed by atoms with Crippen molar-refractivity contribution in [2.75, 3.05) is 23.4 Å². The van der Waals surface area contributed by atoms with Crippen molar-refractivity contribution in [1.29, 1.82) is 0 Å². The van der Waals surface area contributed by atoms with Crippen molar-refractivity contribution in [3.8, 4) is 0 Å². The molecule has 8 heteroatoms. The third kappa shape index (κ3) is 5.46. The molecule has 236 valence electrons. The quantitative estimate of drug-likeness (QED) is 0.208. The van der Waals surface area contributed by atoms with Crippen LogP contribution in [0.5, 0.6) is 0 Å². The Kier molecular flexibility index (Phi) is 8.78. The summed E-state index contributed by atoms with van der Waals surface area (Å²) in [7, 11) is 0. The van der Waals surface area contributed by atoms with Gasteiger partial charge in [-0.05, 0) is 124 Å². The largest absolute Gasteiger partial charge is 0.463 e. The van der Waals surface area contributed by atoms with Crippen LogP contribution < -0.4 is 10.2 Å². The number of fused-ring (bicyclic) bond motifs is 3. The third-order valence-corrected chi connectivity index (χ3v) is 12.3. The van der Waals surface area contributed by atoms with Crippen LogP contribution in [-0.2, 0) is 23.9 Å². The first-order chi connectivity index (χ1) is 20.8. The number of hydrogen-bond acceptors (Lipinski definition) is 7. The predicted octanol–water partition coefficient (Wildman–Crippen LogP) is 5.92. The van der Waals surface area contributed by atoms with Gasteiger partial charge in [0.1, 0.15) is 0 Å². The number of carbonyl (C=O) groups is 3. The predicted molar refractivity (Wildman–Crippen MR) is 164 cm³/mol. The van der Waals surface area contributed by atoms with Crippen LogP contribution >= 0.6 is 0 Å². The highest BCUT2D eigenvalue weighted by molar-refractivity contribution is 6.38. The average molecular weight is 595 g/mol. The van der Waals surface area contributed by atoms with Gasteiger partial charge in [-0.2, -0.15) is 0 Å². The fraction of sp³-hybridized carbons (Fsp3) is 0.743. The van der Waals surface area contributed by atoms with Gasteiger partial charge in [-0.1, -0.05) is 38.3 Å². The number of amides is 1. The number of hydrogen-bond donors (Lipinski definition) is 2. The number of rotatable bonds is 9. The Labute approximate surface area is 256 Å². The second-order valence-corrected chi connectivity index (χ2v) is 14.1. The van der Waals surface area contributed by atoms with Crippen LogP contribution in [0.3, 0.4) is 0 Å². The molecule has 1 aromatic carbocycles. The average Bonchev–Trinajstić information content (AvgIpc) is 3.18. The summed E-state index contributed by atoms with van der Waals surface area (Å²) in [5, 5.41) is 13.3. The number of nitrogens with zero attached hydrogens (tertiary/aromatic N) is 1. The molecule has 8 unspecified atom stereocenters. The summed E-state index contributed by atoms with van der Waals surface area (Å²) in [6, 6.07) is 6.91. The molecule has 8 nitrogen and oxygen atoms in total. The van der Waals surface area contributed by atoms with Crippen LogP contribution in [0.2, 0.25) is 0 Å². The number of carbonyl (C=O) groups excluding carboxylic acids is 3. The Morgan fingerprint density at radius 3 is 2.33 bits per heavy atom. The zero-order chi connectivity index (χ0) is 30.3. The maximum Gasteiger partial charge on any atom is 0.397 e. The van der Waals surface area contributed by atoms with Gasteiger partial charge in [0.25, 0.3) is 0 Å². The van der Waals surface area contributed by atoms with Gasteiger partial charge >= 0.3 is 17.8 Å². The molecule has 6 rings (SSSR count). The SMILES string of the molecule is CCOC(=O)C(=O)N(c1ccccc1NC(O)C(=O)OCC)C1CC2CCCC(C1)C2C1CC2CC3CC(C1)C3(CC)C2. The number of esters is 2. The fourth-order valence-corrected chi connectivity index (χ4v) is 10.8. The Balaban J connectivity index is 1.27. The molecule has 5 fully saturated rings. The standard InChI is InChI=1S/C35H50N2O6/c1-4-35-20-21-14-24(16-26(35)19-25(35)15-21)30-22-10-9-11-23(30)18-27(17-22)37(32(39)34(41)43-6-3)29-13-8-7-12-28(29)36-31(38)33(40)42-5-2/h7-8,12-13,21-27,30-31,36,38H,4-6,9-11,14-20H2,1-3H3. The summed E-state index contributed by atoms with van der Waals surface area (Å²) >= 11 is 0. The van der Waals surface area contributed by atoms with Gasteiger partial charge in [-0.3, -0.25) is 9.69 Å². The lowest BCUT2D eigenvalue weighted by molar-refractivity contribution is -0.153. The molecule has 5 saturated carbocycles. The minimum atomic E-state index is -1.60. The second kappa shape index (κ2) is 12.4. The van der Waals surface area contributed by atoms with Crippen LogP contribution in [0.4, 0.5) is 11.4 Å². The molecule has 1 amide bonds. The summed E-state index contributed by atoms with van der Waals surface area (Å²) < 4.78 is 10.2. The summed E-state index contributed by atoms with van der Waals surface area (Å²) in [5.74, 6) is 2.89. The van der Waals surface area contributed by atoms with Gasteiger partial charge in [0.05, 0.1) is 24.6 Å². The van der Waals surface area contributed by atoms with Crippen molar-refractivity contribution < 1.29 is 29.0 Å². The van der Waals surface area contributed by atoms with E-state index in [0.29, 0.717) is 34.5 Å². The Morgan fingerprint density at radius 2 is 1.63 bits per heavy atom. The molecule has 0 spiro atoms. The van der Waals surface area contributed by atoms with E-state index < -0.39 is 24.1 Å². The zero-order valence-corrected chi connectivity index (χ0v) is 26.1. The van der Waals surface area contributed by atoms with E-state index in [4.69, 9.17) is 9.47 Å². The van der Waals surface area contributed by atoms with E-state index in [2.05, 4.69) is 12.2 Å². The lowest BCUT2D eigenvalue weighted by atomic mass is 9.49. The molecule has 2 N–H and O–H groups in total. The summed E-state index contributed by atoms with van der Waals surface area (Å²) in [5.41, 5.74) is 1.50. The van der Waals surface area contributed by atoms with E-state index in [9.17, 15) is 19.5 Å². The number of ether oxygens (including phenoxy) is 2. The summed E-state index contributed by atoms with van der Waals surface area (Å²) in [6.07, 6.45) is 12.1. The molecule has 1 aromatic rings. The number of para-hydroxylation sites is 2. The molecule has 0 aromatic heterocycles. The number of nitrogens with one attached hydrogen (secondary N) is 1. The lowest BCUT2D eigenvalue weighted by Gasteiger charge is -2.56. The van der Waals surface area contributed by atoms with Crippen molar-refractivity contribution in [2.24, 2.45) is 46.8 Å². The third-order valence-electron chi connectivity index (χ3n) is 12.3. The van der Waals surface area contributed by atoms with Crippen molar-refractivity contribution in [3.05, 3.63) is 24.3 Å². The highest BCUT2D eigenvalue weighted by atomic mass is 16.5. The van der Waals surface area contributed by atoms with Gasteiger partial charge in [0, 0.05) is 6.04 Å². The van der Waals surface area contributed by atoms with Crippen LogP contribution in [0, 0.1) is 46.8 Å². The molecule has 5 aliphatic carbocycles. The number of anilines is 2. The molecule has 0 heterocycles.